The molecule has 0 aliphatic carbocycles. The number of morpholine rings is 1. The Balaban J connectivity index is 1.66. The fraction of sp³-hybridized carbons (Fsp3) is 0.368. The number of aryl methyl sites for hydroxylation is 1. The molecule has 132 valence electrons. The van der Waals surface area contributed by atoms with Gasteiger partial charge in [-0.15, -0.1) is 0 Å². The van der Waals surface area contributed by atoms with E-state index < -0.39 is 0 Å². The number of nitrogens with two attached hydrogens (primary N) is 1. The summed E-state index contributed by atoms with van der Waals surface area (Å²) in [6, 6.07) is 11.2. The highest BCUT2D eigenvalue weighted by Gasteiger charge is 2.26. The topological polar surface area (TPSA) is 77.7 Å². The average molecular weight is 341 g/mol. The molecule has 1 aromatic carbocycles. The molecular formula is C19H23N3O3. The molecule has 1 aromatic heterocycles. The van der Waals surface area contributed by atoms with Crippen molar-refractivity contribution in [3.05, 3.63) is 53.3 Å². The molecule has 0 unspecified atom stereocenters. The maximum atomic E-state index is 12.6. The first-order chi connectivity index (χ1) is 12.0. The normalized spacial score (nSPS) is 17.4. The molecule has 2 heterocycles. The third-order valence-corrected chi connectivity index (χ3v) is 4.26. The molecule has 25 heavy (non-hydrogen) atoms. The van der Waals surface area contributed by atoms with Crippen molar-refractivity contribution < 1.29 is 14.3 Å². The van der Waals surface area contributed by atoms with E-state index >= 15 is 0 Å². The minimum atomic E-state index is -0.240. The number of ether oxygens (including phenoxy) is 2. The summed E-state index contributed by atoms with van der Waals surface area (Å²) in [6.45, 7) is 3.47. The smallest absolute Gasteiger partial charge is 0.227 e. The Morgan fingerprint density at radius 3 is 2.80 bits per heavy atom. The van der Waals surface area contributed by atoms with E-state index in [0.29, 0.717) is 31.8 Å². The summed E-state index contributed by atoms with van der Waals surface area (Å²) in [5, 5.41) is 0. The molecule has 1 aliphatic rings. The molecule has 1 saturated heterocycles. The first-order valence-electron chi connectivity index (χ1n) is 8.31. The highest BCUT2D eigenvalue weighted by molar-refractivity contribution is 5.79. The van der Waals surface area contributed by atoms with Gasteiger partial charge in [-0.3, -0.25) is 9.78 Å². The standard InChI is InChI=1S/C19H23N3O3/c1-13-9-15(20)11-17(21-13)18-12-22(7-8-25-18)19(23)10-14-3-5-16(24-2)6-4-14/h3-6,9,11,18H,7-8,10,12H2,1-2H3,(H2,20,21)/t18-/m1/s1. The Bertz CT molecular complexity index is 726. The molecular weight excluding hydrogens is 318 g/mol. The summed E-state index contributed by atoms with van der Waals surface area (Å²) >= 11 is 0. The van der Waals surface area contributed by atoms with Gasteiger partial charge in [-0.2, -0.15) is 0 Å². The maximum absolute atomic E-state index is 12.6. The van der Waals surface area contributed by atoms with Crippen LogP contribution in [-0.2, 0) is 16.0 Å². The van der Waals surface area contributed by atoms with Crippen molar-refractivity contribution in [3.8, 4) is 5.75 Å². The predicted molar refractivity (Wildman–Crippen MR) is 95.4 cm³/mol. The number of amides is 1. The van der Waals surface area contributed by atoms with Crippen LogP contribution in [0.2, 0.25) is 0 Å². The van der Waals surface area contributed by atoms with Crippen LogP contribution >= 0.6 is 0 Å². The van der Waals surface area contributed by atoms with Gasteiger partial charge in [0.2, 0.25) is 5.91 Å². The lowest BCUT2D eigenvalue weighted by Crippen LogP contribution is -2.43. The largest absolute Gasteiger partial charge is 0.497 e. The summed E-state index contributed by atoms with van der Waals surface area (Å²) < 4.78 is 11.0. The SMILES string of the molecule is COc1ccc(CC(=O)N2CCO[C@@H](c3cc(N)cc(C)n3)C2)cc1. The number of hydrogen-bond donors (Lipinski definition) is 1. The number of benzene rings is 1. The average Bonchev–Trinajstić information content (AvgIpc) is 2.61. The Morgan fingerprint density at radius 1 is 1.36 bits per heavy atom. The highest BCUT2D eigenvalue weighted by Crippen LogP contribution is 2.23. The molecule has 2 N–H and O–H groups in total. The lowest BCUT2D eigenvalue weighted by molar-refractivity contribution is -0.138. The number of nitrogens with zero attached hydrogens (tertiary/aromatic N) is 2. The van der Waals surface area contributed by atoms with Gasteiger partial charge in [0.25, 0.3) is 0 Å². The lowest BCUT2D eigenvalue weighted by atomic mass is 10.1. The Hall–Kier alpha value is -2.60. The van der Waals surface area contributed by atoms with E-state index in [-0.39, 0.29) is 12.0 Å². The van der Waals surface area contributed by atoms with Crippen LogP contribution in [0.25, 0.3) is 0 Å². The first-order valence-corrected chi connectivity index (χ1v) is 8.31. The van der Waals surface area contributed by atoms with Crippen LogP contribution in [0.4, 0.5) is 5.69 Å². The number of carbonyl (C=O) groups excluding carboxylic acids is 1. The van der Waals surface area contributed by atoms with Gasteiger partial charge < -0.3 is 20.1 Å². The van der Waals surface area contributed by atoms with Crippen LogP contribution in [0.1, 0.15) is 23.1 Å². The molecule has 0 saturated carbocycles. The predicted octanol–water partition coefficient (Wildman–Crippen LogP) is 2.12. The van der Waals surface area contributed by atoms with Crippen LogP contribution in [0.5, 0.6) is 5.75 Å². The van der Waals surface area contributed by atoms with Crippen molar-refractivity contribution >= 4 is 11.6 Å². The van der Waals surface area contributed by atoms with Crippen LogP contribution < -0.4 is 10.5 Å². The summed E-state index contributed by atoms with van der Waals surface area (Å²) in [4.78, 5) is 19.0. The molecule has 1 atom stereocenters. The summed E-state index contributed by atoms with van der Waals surface area (Å²) in [5.74, 6) is 0.866. The molecule has 1 aliphatic heterocycles. The lowest BCUT2D eigenvalue weighted by Gasteiger charge is -2.33. The zero-order chi connectivity index (χ0) is 17.8. The zero-order valence-corrected chi connectivity index (χ0v) is 14.6. The Morgan fingerprint density at radius 2 is 2.12 bits per heavy atom. The van der Waals surface area contributed by atoms with E-state index in [1.807, 2.05) is 48.2 Å². The highest BCUT2D eigenvalue weighted by atomic mass is 16.5. The van der Waals surface area contributed by atoms with Gasteiger partial charge in [0.05, 0.1) is 32.4 Å². The Kier molecular flexibility index (Phi) is 5.19. The molecule has 6 nitrogen and oxygen atoms in total. The fourth-order valence-electron chi connectivity index (χ4n) is 2.97. The van der Waals surface area contributed by atoms with Gasteiger partial charge in [0.1, 0.15) is 11.9 Å². The van der Waals surface area contributed by atoms with Gasteiger partial charge in [-0.25, -0.2) is 0 Å². The second kappa shape index (κ2) is 7.53. The van der Waals surface area contributed by atoms with Crippen molar-refractivity contribution in [3.63, 3.8) is 0 Å². The third kappa shape index (κ3) is 4.28. The molecule has 3 rings (SSSR count). The van der Waals surface area contributed by atoms with E-state index in [1.54, 1.807) is 7.11 Å². The molecule has 2 aromatic rings. The van der Waals surface area contributed by atoms with Crippen LogP contribution in [0, 0.1) is 6.92 Å². The van der Waals surface area contributed by atoms with E-state index in [9.17, 15) is 4.79 Å². The number of rotatable bonds is 4. The minimum Gasteiger partial charge on any atom is -0.497 e. The third-order valence-electron chi connectivity index (χ3n) is 4.26. The zero-order valence-electron chi connectivity index (χ0n) is 14.6. The van der Waals surface area contributed by atoms with Gasteiger partial charge >= 0.3 is 0 Å². The number of hydrogen-bond acceptors (Lipinski definition) is 5. The monoisotopic (exact) mass is 341 g/mol. The van der Waals surface area contributed by atoms with Crippen molar-refractivity contribution in [1.82, 2.24) is 9.88 Å². The van der Waals surface area contributed by atoms with Gasteiger partial charge in [-0.05, 0) is 36.8 Å². The summed E-state index contributed by atoms with van der Waals surface area (Å²) in [7, 11) is 1.63. The van der Waals surface area contributed by atoms with E-state index in [2.05, 4.69) is 4.98 Å². The molecule has 1 fully saturated rings. The number of methoxy groups -OCH3 is 1. The molecule has 0 radical (unpaired) electrons. The maximum Gasteiger partial charge on any atom is 0.227 e. The van der Waals surface area contributed by atoms with Crippen LogP contribution in [0.3, 0.4) is 0 Å². The molecule has 0 spiro atoms. The van der Waals surface area contributed by atoms with Gasteiger partial charge in [0.15, 0.2) is 0 Å². The van der Waals surface area contributed by atoms with Crippen LogP contribution in [-0.4, -0.2) is 42.6 Å². The van der Waals surface area contributed by atoms with Gasteiger partial charge in [-0.1, -0.05) is 12.1 Å². The van der Waals surface area contributed by atoms with Crippen molar-refractivity contribution in [2.24, 2.45) is 0 Å². The second-order valence-electron chi connectivity index (χ2n) is 6.19. The quantitative estimate of drug-likeness (QED) is 0.922. The van der Waals surface area contributed by atoms with Gasteiger partial charge in [0, 0.05) is 17.9 Å². The number of anilines is 1. The molecule has 6 heteroatoms. The van der Waals surface area contributed by atoms with Crippen molar-refractivity contribution in [1.29, 1.82) is 0 Å². The van der Waals surface area contributed by atoms with E-state index in [0.717, 1.165) is 22.7 Å². The number of aromatic nitrogens is 1. The number of pyridine rings is 1. The Labute approximate surface area is 147 Å². The minimum absolute atomic E-state index is 0.0825. The fourth-order valence-corrected chi connectivity index (χ4v) is 2.97. The molecule has 0 bridgehead atoms. The van der Waals surface area contributed by atoms with E-state index in [1.165, 1.54) is 0 Å². The summed E-state index contributed by atoms with van der Waals surface area (Å²) in [5.41, 5.74) is 9.15. The number of carbonyl (C=O) groups is 1. The van der Waals surface area contributed by atoms with Crippen molar-refractivity contribution in [2.75, 3.05) is 32.5 Å². The summed E-state index contributed by atoms with van der Waals surface area (Å²) in [6.07, 6.45) is 0.121. The first kappa shape index (κ1) is 17.2. The second-order valence-corrected chi connectivity index (χ2v) is 6.19. The van der Waals surface area contributed by atoms with Crippen molar-refractivity contribution in [2.45, 2.75) is 19.4 Å². The number of nitrogen functional groups attached to an aromatic ring is 1. The van der Waals surface area contributed by atoms with E-state index in [4.69, 9.17) is 15.2 Å². The molecule has 1 amide bonds. The van der Waals surface area contributed by atoms with Crippen LogP contribution in [0.15, 0.2) is 36.4 Å².